The van der Waals surface area contributed by atoms with Gasteiger partial charge in [-0.1, -0.05) is 11.6 Å². The number of hydrogen-bond donors (Lipinski definition) is 1. The van der Waals surface area contributed by atoms with Crippen LogP contribution >= 0.6 is 11.6 Å². The molecule has 112 valence electrons. The molecule has 2 heterocycles. The Labute approximate surface area is 124 Å². The third kappa shape index (κ3) is 3.33. The zero-order valence-electron chi connectivity index (χ0n) is 12.4. The molecule has 6 heteroatoms. The van der Waals surface area contributed by atoms with E-state index in [2.05, 4.69) is 29.2 Å². The van der Waals surface area contributed by atoms with E-state index in [0.717, 1.165) is 25.3 Å². The van der Waals surface area contributed by atoms with Crippen molar-refractivity contribution in [2.75, 3.05) is 24.5 Å². The van der Waals surface area contributed by atoms with Gasteiger partial charge in [-0.05, 0) is 45.7 Å². The maximum absolute atomic E-state index is 11.9. The van der Waals surface area contributed by atoms with Gasteiger partial charge in [-0.2, -0.15) is 5.10 Å². The van der Waals surface area contributed by atoms with Crippen LogP contribution in [0.4, 0.5) is 5.69 Å². The van der Waals surface area contributed by atoms with Gasteiger partial charge in [-0.15, -0.1) is 0 Å². The van der Waals surface area contributed by atoms with Crippen molar-refractivity contribution < 1.29 is 0 Å². The van der Waals surface area contributed by atoms with E-state index in [0.29, 0.717) is 5.92 Å². The minimum absolute atomic E-state index is 0.236. The van der Waals surface area contributed by atoms with Gasteiger partial charge in [0, 0.05) is 19.6 Å². The predicted octanol–water partition coefficient (Wildman–Crippen LogP) is 1.65. The van der Waals surface area contributed by atoms with Crippen LogP contribution in [0, 0.1) is 5.92 Å². The molecular weight excluding hydrogens is 276 g/mol. The fourth-order valence-electron chi connectivity index (χ4n) is 2.63. The Morgan fingerprint density at radius 1 is 1.50 bits per heavy atom. The number of nitrogens with zero attached hydrogens (tertiary/aromatic N) is 3. The molecule has 1 N–H and O–H groups in total. The minimum atomic E-state index is -0.236. The lowest BCUT2D eigenvalue weighted by molar-refractivity contribution is 0.367. The average Bonchev–Trinajstić information content (AvgIpc) is 2.44. The highest BCUT2D eigenvalue weighted by Crippen LogP contribution is 2.26. The largest absolute Gasteiger partial charge is 0.366 e. The van der Waals surface area contributed by atoms with Crippen molar-refractivity contribution in [1.82, 2.24) is 15.1 Å². The first-order valence-corrected chi connectivity index (χ1v) is 7.57. The van der Waals surface area contributed by atoms with Crippen LogP contribution in [0.2, 0.25) is 5.02 Å². The fourth-order valence-corrected chi connectivity index (χ4v) is 2.91. The van der Waals surface area contributed by atoms with Crippen molar-refractivity contribution in [3.63, 3.8) is 0 Å². The zero-order chi connectivity index (χ0) is 14.7. The van der Waals surface area contributed by atoms with E-state index in [1.165, 1.54) is 17.5 Å². The van der Waals surface area contributed by atoms with Crippen LogP contribution in [0.3, 0.4) is 0 Å². The molecule has 5 nitrogen and oxygen atoms in total. The molecule has 1 saturated heterocycles. The summed E-state index contributed by atoms with van der Waals surface area (Å²) >= 11 is 6.23. The Hall–Kier alpha value is -1.07. The van der Waals surface area contributed by atoms with E-state index >= 15 is 0 Å². The Morgan fingerprint density at radius 3 is 2.75 bits per heavy atom. The molecule has 1 aromatic rings. The minimum Gasteiger partial charge on any atom is -0.366 e. The molecule has 1 aromatic heterocycles. The quantitative estimate of drug-likeness (QED) is 0.918. The topological polar surface area (TPSA) is 50.2 Å². The predicted molar refractivity (Wildman–Crippen MR) is 82.6 cm³/mol. The lowest BCUT2D eigenvalue weighted by Gasteiger charge is -2.34. The standard InChI is InChI=1S/C14H23ClN4O/c1-10(2)19(9-11-4-6-16-7-5-11)12-8-17-18(3)14(20)13(12)15/h8,10-11,16H,4-7,9H2,1-3H3. The normalized spacial score (nSPS) is 16.6. The van der Waals surface area contributed by atoms with E-state index < -0.39 is 0 Å². The summed E-state index contributed by atoms with van der Waals surface area (Å²) in [7, 11) is 1.62. The summed E-state index contributed by atoms with van der Waals surface area (Å²) < 4.78 is 1.27. The van der Waals surface area contributed by atoms with Crippen molar-refractivity contribution in [2.24, 2.45) is 13.0 Å². The number of piperidine rings is 1. The van der Waals surface area contributed by atoms with Gasteiger partial charge < -0.3 is 10.2 Å². The SMILES string of the molecule is CC(C)N(CC1CCNCC1)c1cnn(C)c(=O)c1Cl. The fraction of sp³-hybridized carbons (Fsp3) is 0.714. The number of rotatable bonds is 4. The second-order valence-corrected chi connectivity index (χ2v) is 6.09. The molecule has 1 aliphatic heterocycles. The molecular formula is C14H23ClN4O. The number of nitrogens with one attached hydrogen (secondary N) is 1. The molecule has 0 radical (unpaired) electrons. The second-order valence-electron chi connectivity index (χ2n) is 5.71. The molecule has 2 rings (SSSR count). The number of halogens is 1. The van der Waals surface area contributed by atoms with Gasteiger partial charge in [0.1, 0.15) is 5.02 Å². The van der Waals surface area contributed by atoms with Crippen LogP contribution in [0.15, 0.2) is 11.0 Å². The van der Waals surface area contributed by atoms with Gasteiger partial charge in [-0.3, -0.25) is 4.79 Å². The van der Waals surface area contributed by atoms with E-state index in [9.17, 15) is 4.79 Å². The summed E-state index contributed by atoms with van der Waals surface area (Å²) in [5, 5.41) is 7.74. The number of hydrogen-bond acceptors (Lipinski definition) is 4. The van der Waals surface area contributed by atoms with Gasteiger partial charge in [-0.25, -0.2) is 4.68 Å². The molecule has 0 saturated carbocycles. The second kappa shape index (κ2) is 6.59. The van der Waals surface area contributed by atoms with Crippen molar-refractivity contribution in [2.45, 2.75) is 32.7 Å². The molecule has 0 spiro atoms. The third-order valence-corrected chi connectivity index (χ3v) is 4.26. The van der Waals surface area contributed by atoms with Crippen molar-refractivity contribution in [3.05, 3.63) is 21.6 Å². The number of anilines is 1. The van der Waals surface area contributed by atoms with Crippen molar-refractivity contribution in [1.29, 1.82) is 0 Å². The Kier molecular flexibility index (Phi) is 5.05. The van der Waals surface area contributed by atoms with Crippen molar-refractivity contribution >= 4 is 17.3 Å². The van der Waals surface area contributed by atoms with Crippen LogP contribution in [0.1, 0.15) is 26.7 Å². The number of aromatic nitrogens is 2. The molecule has 0 atom stereocenters. The summed E-state index contributed by atoms with van der Waals surface area (Å²) in [5.41, 5.74) is 0.517. The average molecular weight is 299 g/mol. The smallest absolute Gasteiger partial charge is 0.287 e. The molecule has 1 fully saturated rings. The lowest BCUT2D eigenvalue weighted by atomic mass is 9.97. The molecule has 0 aromatic carbocycles. The zero-order valence-corrected chi connectivity index (χ0v) is 13.2. The molecule has 0 unspecified atom stereocenters. The highest BCUT2D eigenvalue weighted by molar-refractivity contribution is 6.33. The molecule has 0 amide bonds. The third-order valence-electron chi connectivity index (χ3n) is 3.91. The Morgan fingerprint density at radius 2 is 2.15 bits per heavy atom. The van der Waals surface area contributed by atoms with Crippen LogP contribution in [0.25, 0.3) is 0 Å². The lowest BCUT2D eigenvalue weighted by Crippen LogP contribution is -2.40. The summed E-state index contributed by atoms with van der Waals surface area (Å²) in [6, 6.07) is 0.288. The van der Waals surface area contributed by atoms with Gasteiger partial charge in [0.2, 0.25) is 0 Å². The van der Waals surface area contributed by atoms with Crippen LogP contribution < -0.4 is 15.8 Å². The van der Waals surface area contributed by atoms with Gasteiger partial charge in [0.15, 0.2) is 0 Å². The van der Waals surface area contributed by atoms with Crippen LogP contribution in [-0.4, -0.2) is 35.5 Å². The first-order valence-electron chi connectivity index (χ1n) is 7.20. The summed E-state index contributed by atoms with van der Waals surface area (Å²) in [6.07, 6.45) is 4.03. The van der Waals surface area contributed by atoms with Gasteiger partial charge in [0.05, 0.1) is 11.9 Å². The molecule has 20 heavy (non-hydrogen) atoms. The van der Waals surface area contributed by atoms with Crippen LogP contribution in [0.5, 0.6) is 0 Å². The Balaban J connectivity index is 2.24. The first-order chi connectivity index (χ1) is 9.50. The summed E-state index contributed by atoms with van der Waals surface area (Å²) in [4.78, 5) is 14.1. The monoisotopic (exact) mass is 298 g/mol. The van der Waals surface area contributed by atoms with E-state index in [4.69, 9.17) is 11.6 Å². The summed E-state index contributed by atoms with van der Waals surface area (Å²) in [6.45, 7) is 7.30. The maximum Gasteiger partial charge on any atom is 0.287 e. The van der Waals surface area contributed by atoms with E-state index in [1.54, 1.807) is 13.2 Å². The highest BCUT2D eigenvalue weighted by Gasteiger charge is 2.22. The van der Waals surface area contributed by atoms with Gasteiger partial charge in [0.25, 0.3) is 5.56 Å². The van der Waals surface area contributed by atoms with Gasteiger partial charge >= 0.3 is 0 Å². The van der Waals surface area contributed by atoms with E-state index in [1.807, 2.05) is 0 Å². The maximum atomic E-state index is 11.9. The van der Waals surface area contributed by atoms with Crippen molar-refractivity contribution in [3.8, 4) is 0 Å². The molecule has 0 bridgehead atoms. The molecule has 1 aliphatic rings. The Bertz CT molecular complexity index is 508. The summed E-state index contributed by atoms with van der Waals surface area (Å²) in [5.74, 6) is 0.638. The van der Waals surface area contributed by atoms with Crippen LogP contribution in [-0.2, 0) is 7.05 Å². The highest BCUT2D eigenvalue weighted by atomic mass is 35.5. The van der Waals surface area contributed by atoms with E-state index in [-0.39, 0.29) is 16.6 Å². The molecule has 0 aliphatic carbocycles. The first kappa shape index (κ1) is 15.3. The number of aryl methyl sites for hydroxylation is 1.